The van der Waals surface area contributed by atoms with Gasteiger partial charge < -0.3 is 15.5 Å². The number of hydrogen-bond acceptors (Lipinski definition) is 5. The molecule has 0 aromatic carbocycles. The van der Waals surface area contributed by atoms with E-state index in [9.17, 15) is 9.59 Å². The molecular formula is C19H20N4O3. The molecule has 0 unspecified atom stereocenters. The third kappa shape index (κ3) is 2.93. The van der Waals surface area contributed by atoms with Crippen molar-refractivity contribution in [2.75, 3.05) is 13.1 Å². The monoisotopic (exact) mass is 352 g/mol. The number of furan rings is 1. The lowest BCUT2D eigenvalue weighted by atomic mass is 9.79. The highest BCUT2D eigenvalue weighted by Gasteiger charge is 2.40. The van der Waals surface area contributed by atoms with Crippen molar-refractivity contribution >= 4 is 22.8 Å². The van der Waals surface area contributed by atoms with Gasteiger partial charge in [0.2, 0.25) is 0 Å². The second-order valence-corrected chi connectivity index (χ2v) is 6.94. The van der Waals surface area contributed by atoms with Crippen LogP contribution in [0.4, 0.5) is 0 Å². The van der Waals surface area contributed by atoms with E-state index in [0.29, 0.717) is 34.2 Å². The molecule has 2 atom stereocenters. The molecule has 7 heteroatoms. The summed E-state index contributed by atoms with van der Waals surface area (Å²) in [6.45, 7) is 4.39. The molecule has 3 fully saturated rings. The Hall–Kier alpha value is -2.85. The molecule has 3 aliphatic rings. The molecule has 2 bridgehead atoms. The first-order valence-electron chi connectivity index (χ1n) is 8.76. The van der Waals surface area contributed by atoms with Crippen LogP contribution in [0, 0.1) is 17.8 Å². The third-order valence-corrected chi connectivity index (χ3v) is 5.49. The number of pyridine rings is 1. The second kappa shape index (κ2) is 6.46. The van der Waals surface area contributed by atoms with Crippen LogP contribution in [0.2, 0.25) is 0 Å². The molecule has 7 nitrogen and oxygen atoms in total. The number of fused-ring (bicyclic) bond motifs is 4. The molecule has 5 heterocycles. The summed E-state index contributed by atoms with van der Waals surface area (Å²) in [4.78, 5) is 30.2. The zero-order valence-electron chi connectivity index (χ0n) is 14.5. The van der Waals surface area contributed by atoms with Crippen molar-refractivity contribution in [2.45, 2.75) is 31.8 Å². The van der Waals surface area contributed by atoms with Crippen LogP contribution in [0.15, 0.2) is 22.9 Å². The van der Waals surface area contributed by atoms with E-state index in [-0.39, 0.29) is 11.9 Å². The van der Waals surface area contributed by atoms with Crippen molar-refractivity contribution in [1.29, 1.82) is 0 Å². The number of carbonyl (C=O) groups excluding carboxylic acids is 2. The second-order valence-electron chi connectivity index (χ2n) is 6.94. The van der Waals surface area contributed by atoms with Gasteiger partial charge in [0.05, 0.1) is 11.8 Å². The van der Waals surface area contributed by atoms with Gasteiger partial charge in [0, 0.05) is 23.4 Å². The Morgan fingerprint density at radius 3 is 2.85 bits per heavy atom. The maximum absolute atomic E-state index is 12.7. The predicted octanol–water partition coefficient (Wildman–Crippen LogP) is 0.877. The van der Waals surface area contributed by atoms with E-state index in [1.54, 1.807) is 6.07 Å². The quantitative estimate of drug-likeness (QED) is 0.781. The number of primary amides is 1. The number of amides is 2. The van der Waals surface area contributed by atoms with Gasteiger partial charge in [-0.2, -0.15) is 0 Å². The first kappa shape index (κ1) is 16.6. The maximum Gasteiger partial charge on any atom is 0.293 e. The van der Waals surface area contributed by atoms with E-state index >= 15 is 0 Å². The minimum Gasteiger partial charge on any atom is -0.461 e. The highest BCUT2D eigenvalue weighted by Crippen LogP contribution is 2.32. The fourth-order valence-electron chi connectivity index (χ4n) is 4.05. The molecule has 5 rings (SSSR count). The van der Waals surface area contributed by atoms with Crippen LogP contribution in [0.25, 0.3) is 11.0 Å². The van der Waals surface area contributed by atoms with Crippen molar-refractivity contribution in [3.05, 3.63) is 29.8 Å². The summed E-state index contributed by atoms with van der Waals surface area (Å²) in [5.41, 5.74) is 6.38. The zero-order valence-corrected chi connectivity index (χ0v) is 14.5. The molecule has 0 spiro atoms. The SMILES string of the molecule is C[C@@H]1[C@H](NC(=O)c2cc3c(C#CC(N)=O)coc3cn2)C2CCN1CC2. The van der Waals surface area contributed by atoms with Crippen molar-refractivity contribution in [2.24, 2.45) is 11.7 Å². The molecule has 3 aliphatic heterocycles. The molecule has 3 N–H and O–H groups in total. The Bertz CT molecular complexity index is 929. The number of aromatic nitrogens is 1. The normalized spacial score (nSPS) is 27.0. The number of hydrogen-bond donors (Lipinski definition) is 2. The van der Waals surface area contributed by atoms with Crippen LogP contribution < -0.4 is 11.1 Å². The zero-order chi connectivity index (χ0) is 18.3. The molecule has 2 aromatic rings. The fourth-order valence-corrected chi connectivity index (χ4v) is 4.05. The average molecular weight is 352 g/mol. The number of nitrogens with two attached hydrogens (primary N) is 1. The first-order chi connectivity index (χ1) is 12.5. The molecule has 26 heavy (non-hydrogen) atoms. The third-order valence-electron chi connectivity index (χ3n) is 5.49. The molecule has 0 aliphatic carbocycles. The standard InChI is InChI=1S/C19H20N4O3/c1-11-18(12-4-6-23(11)7-5-12)22-19(25)15-8-14-13(2-3-17(20)24)10-26-16(14)9-21-15/h8-12,18H,4-7H2,1H3,(H2,20,24)(H,22,25)/t11-,18+/m1/s1. The molecule has 0 radical (unpaired) electrons. The summed E-state index contributed by atoms with van der Waals surface area (Å²) in [7, 11) is 0. The van der Waals surface area contributed by atoms with E-state index in [0.717, 1.165) is 25.9 Å². The van der Waals surface area contributed by atoms with Gasteiger partial charge in [-0.3, -0.25) is 14.5 Å². The van der Waals surface area contributed by atoms with E-state index < -0.39 is 5.91 Å². The van der Waals surface area contributed by atoms with E-state index in [1.807, 2.05) is 0 Å². The summed E-state index contributed by atoms with van der Waals surface area (Å²) in [5, 5.41) is 3.80. The van der Waals surface area contributed by atoms with Gasteiger partial charge in [0.25, 0.3) is 11.8 Å². The van der Waals surface area contributed by atoms with Crippen molar-refractivity contribution in [3.8, 4) is 11.8 Å². The first-order valence-corrected chi connectivity index (χ1v) is 8.76. The van der Waals surface area contributed by atoms with Crippen molar-refractivity contribution < 1.29 is 14.0 Å². The van der Waals surface area contributed by atoms with Crippen LogP contribution in [0.3, 0.4) is 0 Å². The molecule has 2 aromatic heterocycles. The number of carbonyl (C=O) groups is 2. The summed E-state index contributed by atoms with van der Waals surface area (Å²) >= 11 is 0. The highest BCUT2D eigenvalue weighted by molar-refractivity contribution is 5.98. The summed E-state index contributed by atoms with van der Waals surface area (Å²) in [6.07, 6.45) is 5.17. The van der Waals surface area contributed by atoms with E-state index in [4.69, 9.17) is 10.2 Å². The van der Waals surface area contributed by atoms with Crippen LogP contribution >= 0.6 is 0 Å². The van der Waals surface area contributed by atoms with Gasteiger partial charge in [0.1, 0.15) is 12.0 Å². The lowest BCUT2D eigenvalue weighted by Crippen LogP contribution is -2.62. The lowest BCUT2D eigenvalue weighted by Gasteiger charge is -2.49. The predicted molar refractivity (Wildman–Crippen MR) is 95.1 cm³/mol. The Balaban J connectivity index is 1.58. The lowest BCUT2D eigenvalue weighted by molar-refractivity contribution is -0.112. The van der Waals surface area contributed by atoms with E-state index in [1.165, 1.54) is 12.5 Å². The van der Waals surface area contributed by atoms with Gasteiger partial charge >= 0.3 is 0 Å². The van der Waals surface area contributed by atoms with Crippen molar-refractivity contribution in [1.82, 2.24) is 15.2 Å². The van der Waals surface area contributed by atoms with Crippen LogP contribution in [-0.2, 0) is 4.79 Å². The molecule has 2 amide bonds. The van der Waals surface area contributed by atoms with Crippen molar-refractivity contribution in [3.63, 3.8) is 0 Å². The highest BCUT2D eigenvalue weighted by atomic mass is 16.3. The van der Waals surface area contributed by atoms with Crippen LogP contribution in [0.5, 0.6) is 0 Å². The minimum atomic E-state index is -0.720. The minimum absolute atomic E-state index is 0.140. The van der Waals surface area contributed by atoms with Gasteiger partial charge in [-0.25, -0.2) is 4.98 Å². The largest absolute Gasteiger partial charge is 0.461 e. The van der Waals surface area contributed by atoms with E-state index in [2.05, 4.69) is 34.0 Å². The Labute approximate surface area is 150 Å². The van der Waals surface area contributed by atoms with Gasteiger partial charge in [-0.1, -0.05) is 5.92 Å². The smallest absolute Gasteiger partial charge is 0.293 e. The number of piperidine rings is 3. The number of nitrogens with one attached hydrogen (secondary N) is 1. The number of nitrogens with zero attached hydrogens (tertiary/aromatic N) is 2. The van der Waals surface area contributed by atoms with Crippen LogP contribution in [0.1, 0.15) is 35.8 Å². The molecule has 134 valence electrons. The Morgan fingerprint density at radius 1 is 1.38 bits per heavy atom. The molecule has 0 saturated carbocycles. The van der Waals surface area contributed by atoms with Gasteiger partial charge in [0.15, 0.2) is 5.58 Å². The Morgan fingerprint density at radius 2 is 2.15 bits per heavy atom. The molecular weight excluding hydrogens is 332 g/mol. The summed E-state index contributed by atoms with van der Waals surface area (Å²) in [5.74, 6) is 4.54. The Kier molecular flexibility index (Phi) is 4.13. The van der Waals surface area contributed by atoms with Gasteiger partial charge in [-0.05, 0) is 44.8 Å². The fraction of sp³-hybridized carbons (Fsp3) is 0.421. The van der Waals surface area contributed by atoms with Crippen LogP contribution in [-0.4, -0.2) is 46.9 Å². The number of rotatable bonds is 2. The summed E-state index contributed by atoms with van der Waals surface area (Å²) in [6, 6.07) is 2.12. The maximum atomic E-state index is 12.7. The molecule has 3 saturated heterocycles. The average Bonchev–Trinajstić information content (AvgIpc) is 3.05. The topological polar surface area (TPSA) is 101 Å². The summed E-state index contributed by atoms with van der Waals surface area (Å²) < 4.78 is 5.37. The van der Waals surface area contributed by atoms with Gasteiger partial charge in [-0.15, -0.1) is 0 Å².